The van der Waals surface area contributed by atoms with E-state index in [2.05, 4.69) is 45.2 Å². The van der Waals surface area contributed by atoms with Gasteiger partial charge in [-0.1, -0.05) is 49.4 Å². The van der Waals surface area contributed by atoms with Gasteiger partial charge in [-0.25, -0.2) is 4.98 Å². The SMILES string of the molecule is CCC(=O)N[C@H]1C[C@@H](n2cnc3c(NCc4cccc5ccccc45)nc(NC4CCC(N)CC4)nc32)[C@H](O)[C@@H]1O. The Kier molecular flexibility index (Phi) is 7.74. The first-order valence-corrected chi connectivity index (χ1v) is 14.5. The number of carbonyl (C=O) groups is 1. The van der Waals surface area contributed by atoms with Crippen molar-refractivity contribution < 1.29 is 15.0 Å². The van der Waals surface area contributed by atoms with Crippen LogP contribution in [0.5, 0.6) is 0 Å². The van der Waals surface area contributed by atoms with Crippen LogP contribution >= 0.6 is 0 Å². The lowest BCUT2D eigenvalue weighted by Gasteiger charge is -2.27. The zero-order valence-electron chi connectivity index (χ0n) is 23.2. The Labute approximate surface area is 238 Å². The van der Waals surface area contributed by atoms with Crippen molar-refractivity contribution in [3.63, 3.8) is 0 Å². The van der Waals surface area contributed by atoms with Gasteiger partial charge in [-0.15, -0.1) is 0 Å². The van der Waals surface area contributed by atoms with Gasteiger partial charge >= 0.3 is 0 Å². The number of imidazole rings is 1. The van der Waals surface area contributed by atoms with Gasteiger partial charge < -0.3 is 36.5 Å². The number of aliphatic hydroxyl groups excluding tert-OH is 2. The molecular weight excluding hydrogens is 520 g/mol. The summed E-state index contributed by atoms with van der Waals surface area (Å²) < 4.78 is 1.80. The van der Waals surface area contributed by atoms with Crippen LogP contribution in [0, 0.1) is 0 Å². The van der Waals surface area contributed by atoms with Crippen molar-refractivity contribution in [3.05, 3.63) is 54.4 Å². The summed E-state index contributed by atoms with van der Waals surface area (Å²) in [5.74, 6) is 0.892. The monoisotopic (exact) mass is 558 g/mol. The molecule has 2 aliphatic carbocycles. The number of fused-ring (bicyclic) bond motifs is 2. The third-order valence-electron chi connectivity index (χ3n) is 8.53. The predicted octanol–water partition coefficient (Wildman–Crippen LogP) is 2.83. The largest absolute Gasteiger partial charge is 0.388 e. The van der Waals surface area contributed by atoms with Crippen molar-refractivity contribution >= 4 is 39.6 Å². The fraction of sp³-hybridized carbons (Fsp3) is 0.467. The van der Waals surface area contributed by atoms with E-state index >= 15 is 0 Å². The Balaban J connectivity index is 1.33. The van der Waals surface area contributed by atoms with Gasteiger partial charge in [-0.3, -0.25) is 4.79 Å². The van der Waals surface area contributed by atoms with Gasteiger partial charge in [0.1, 0.15) is 12.2 Å². The van der Waals surface area contributed by atoms with Crippen LogP contribution in [0.1, 0.15) is 57.1 Å². The lowest BCUT2D eigenvalue weighted by Crippen LogP contribution is -2.42. The van der Waals surface area contributed by atoms with Crippen molar-refractivity contribution in [2.45, 2.75) is 88.4 Å². The van der Waals surface area contributed by atoms with Crippen molar-refractivity contribution in [2.75, 3.05) is 10.6 Å². The molecule has 1 amide bonds. The highest BCUT2D eigenvalue weighted by Crippen LogP contribution is 2.35. The van der Waals surface area contributed by atoms with E-state index in [4.69, 9.17) is 15.7 Å². The van der Waals surface area contributed by atoms with E-state index in [0.717, 1.165) is 31.2 Å². The molecule has 0 aliphatic heterocycles. The van der Waals surface area contributed by atoms with Gasteiger partial charge in [0, 0.05) is 25.0 Å². The fourth-order valence-electron chi connectivity index (χ4n) is 6.15. The van der Waals surface area contributed by atoms with Crippen LogP contribution in [0.3, 0.4) is 0 Å². The van der Waals surface area contributed by atoms with Crippen LogP contribution in [0.4, 0.5) is 11.8 Å². The molecular formula is C30H38N8O3. The number of aromatic nitrogens is 4. The lowest BCUT2D eigenvalue weighted by atomic mass is 9.92. The van der Waals surface area contributed by atoms with E-state index in [-0.39, 0.29) is 18.0 Å². The molecule has 0 spiro atoms. The second-order valence-electron chi connectivity index (χ2n) is 11.3. The number of nitrogens with two attached hydrogens (primary N) is 1. The van der Waals surface area contributed by atoms with E-state index in [1.807, 2.05) is 18.2 Å². The minimum Gasteiger partial charge on any atom is -0.388 e. The van der Waals surface area contributed by atoms with Gasteiger partial charge in [0.25, 0.3) is 0 Å². The molecule has 2 aromatic carbocycles. The smallest absolute Gasteiger partial charge is 0.227 e. The minimum atomic E-state index is -1.09. The molecule has 4 atom stereocenters. The van der Waals surface area contributed by atoms with Crippen LogP contribution in [0.2, 0.25) is 0 Å². The van der Waals surface area contributed by atoms with Crippen LogP contribution in [0.25, 0.3) is 21.9 Å². The van der Waals surface area contributed by atoms with Gasteiger partial charge in [0.05, 0.1) is 18.4 Å². The van der Waals surface area contributed by atoms with Gasteiger partial charge in [0.2, 0.25) is 11.9 Å². The normalized spacial score (nSPS) is 26.3. The molecule has 216 valence electrons. The Morgan fingerprint density at radius 3 is 2.63 bits per heavy atom. The maximum absolute atomic E-state index is 12.0. The topological polar surface area (TPSA) is 163 Å². The number of hydrogen-bond acceptors (Lipinski definition) is 9. The number of nitrogens with zero attached hydrogens (tertiary/aromatic N) is 4. The molecule has 2 fully saturated rings. The Hall–Kier alpha value is -3.80. The molecule has 2 heterocycles. The maximum atomic E-state index is 12.0. The van der Waals surface area contributed by atoms with Crippen LogP contribution in [0.15, 0.2) is 48.8 Å². The van der Waals surface area contributed by atoms with Crippen molar-refractivity contribution in [2.24, 2.45) is 5.73 Å². The second-order valence-corrected chi connectivity index (χ2v) is 11.3. The standard InChI is InChI=1S/C30H38N8O3/c1-2-24(39)35-22-14-23(27(41)26(22)40)38-16-33-25-28(32-15-18-8-5-7-17-6-3-4-9-21(17)18)36-30(37-29(25)38)34-20-12-10-19(31)11-13-20/h3-9,16,19-20,22-23,26-27,40-41H,2,10-15,31H2,1H3,(H,35,39)(H2,32,34,36,37)/t19?,20?,22-,23+,26+,27-/m0/s1. The Bertz CT molecular complexity index is 1530. The highest BCUT2D eigenvalue weighted by atomic mass is 16.3. The molecule has 6 rings (SSSR count). The summed E-state index contributed by atoms with van der Waals surface area (Å²) in [6.45, 7) is 2.29. The predicted molar refractivity (Wildman–Crippen MR) is 158 cm³/mol. The summed E-state index contributed by atoms with van der Waals surface area (Å²) >= 11 is 0. The molecule has 0 unspecified atom stereocenters. The Morgan fingerprint density at radius 1 is 1.05 bits per heavy atom. The van der Waals surface area contributed by atoms with Crippen LogP contribution in [-0.4, -0.2) is 66.0 Å². The molecule has 11 nitrogen and oxygen atoms in total. The first-order chi connectivity index (χ1) is 19.9. The average Bonchev–Trinajstić information content (AvgIpc) is 3.53. The number of carbonyl (C=O) groups excluding carboxylic acids is 1. The number of amides is 1. The van der Waals surface area contributed by atoms with E-state index in [9.17, 15) is 15.0 Å². The quantitative estimate of drug-likeness (QED) is 0.191. The van der Waals surface area contributed by atoms with Gasteiger partial charge in [0.15, 0.2) is 17.0 Å². The van der Waals surface area contributed by atoms with Gasteiger partial charge in [-0.05, 0) is 48.4 Å². The number of benzene rings is 2. The summed E-state index contributed by atoms with van der Waals surface area (Å²) in [7, 11) is 0. The molecule has 11 heteroatoms. The summed E-state index contributed by atoms with van der Waals surface area (Å²) in [5.41, 5.74) is 8.38. The first-order valence-electron chi connectivity index (χ1n) is 14.5. The number of nitrogens with one attached hydrogen (secondary N) is 3. The summed E-state index contributed by atoms with van der Waals surface area (Å²) in [6.07, 6.45) is 3.87. The van der Waals surface area contributed by atoms with E-state index in [1.54, 1.807) is 17.8 Å². The van der Waals surface area contributed by atoms with Crippen LogP contribution < -0.4 is 21.7 Å². The summed E-state index contributed by atoms with van der Waals surface area (Å²) in [6, 6.07) is 13.9. The van der Waals surface area contributed by atoms with Crippen molar-refractivity contribution in [1.29, 1.82) is 0 Å². The summed E-state index contributed by atoms with van der Waals surface area (Å²) in [5, 5.41) is 33.9. The zero-order chi connectivity index (χ0) is 28.5. The van der Waals surface area contributed by atoms with E-state index < -0.39 is 24.3 Å². The molecule has 0 radical (unpaired) electrons. The molecule has 2 aliphatic rings. The average molecular weight is 559 g/mol. The third-order valence-corrected chi connectivity index (χ3v) is 8.53. The van der Waals surface area contributed by atoms with E-state index in [1.165, 1.54) is 10.8 Å². The lowest BCUT2D eigenvalue weighted by molar-refractivity contribution is -0.122. The summed E-state index contributed by atoms with van der Waals surface area (Å²) in [4.78, 5) is 26.4. The van der Waals surface area contributed by atoms with Crippen molar-refractivity contribution in [1.82, 2.24) is 24.8 Å². The number of rotatable bonds is 8. The molecule has 2 aromatic heterocycles. The Morgan fingerprint density at radius 2 is 1.83 bits per heavy atom. The van der Waals surface area contributed by atoms with Gasteiger partial charge in [-0.2, -0.15) is 9.97 Å². The highest BCUT2D eigenvalue weighted by molar-refractivity contribution is 5.87. The third kappa shape index (κ3) is 5.57. The molecule has 0 bridgehead atoms. The van der Waals surface area contributed by atoms with Crippen molar-refractivity contribution in [3.8, 4) is 0 Å². The molecule has 4 aromatic rings. The number of aliphatic hydroxyl groups is 2. The number of anilines is 2. The first kappa shape index (κ1) is 27.4. The maximum Gasteiger partial charge on any atom is 0.227 e. The molecule has 7 N–H and O–H groups in total. The van der Waals surface area contributed by atoms with E-state index in [0.29, 0.717) is 42.3 Å². The zero-order valence-corrected chi connectivity index (χ0v) is 23.2. The second kappa shape index (κ2) is 11.6. The molecule has 2 saturated carbocycles. The fourth-order valence-corrected chi connectivity index (χ4v) is 6.15. The molecule has 0 saturated heterocycles. The minimum absolute atomic E-state index is 0.168. The number of hydrogen-bond donors (Lipinski definition) is 6. The van der Waals surface area contributed by atoms with Crippen LogP contribution in [-0.2, 0) is 11.3 Å². The highest BCUT2D eigenvalue weighted by Gasteiger charge is 2.43. The molecule has 41 heavy (non-hydrogen) atoms.